The number of anilines is 1. The Kier molecular flexibility index (Phi) is 3.93. The van der Waals surface area contributed by atoms with E-state index in [2.05, 4.69) is 9.88 Å². The zero-order valence-corrected chi connectivity index (χ0v) is 13.9. The molecule has 1 N–H and O–H groups in total. The highest BCUT2D eigenvalue weighted by molar-refractivity contribution is 5.92. The van der Waals surface area contributed by atoms with Gasteiger partial charge < -0.3 is 14.7 Å². The van der Waals surface area contributed by atoms with E-state index in [4.69, 9.17) is 4.74 Å². The van der Waals surface area contributed by atoms with Crippen LogP contribution in [0, 0.1) is 11.7 Å². The normalized spacial score (nSPS) is 30.9. The number of benzene rings is 1. The number of halogens is 1. The predicted octanol–water partition coefficient (Wildman–Crippen LogP) is 3.13. The molecule has 1 aromatic heterocycles. The van der Waals surface area contributed by atoms with Crippen LogP contribution in [0.15, 0.2) is 30.5 Å². The van der Waals surface area contributed by atoms with Crippen LogP contribution in [0.2, 0.25) is 0 Å². The van der Waals surface area contributed by atoms with Gasteiger partial charge in [-0.3, -0.25) is 4.98 Å². The van der Waals surface area contributed by atoms with Crippen molar-refractivity contribution in [1.29, 1.82) is 0 Å². The van der Waals surface area contributed by atoms with Gasteiger partial charge in [0.1, 0.15) is 11.3 Å². The monoisotopic (exact) mass is 330 g/mol. The molecule has 0 spiro atoms. The Labute approximate surface area is 141 Å². The molecular formula is C19H23FN2O2. The third kappa shape index (κ3) is 2.56. The average molecular weight is 330 g/mol. The van der Waals surface area contributed by atoms with Crippen molar-refractivity contribution in [3.05, 3.63) is 36.3 Å². The smallest absolute Gasteiger partial charge is 0.149 e. The van der Waals surface area contributed by atoms with Crippen LogP contribution in [0.25, 0.3) is 10.9 Å². The highest BCUT2D eigenvalue weighted by atomic mass is 19.1. The fourth-order valence-corrected chi connectivity index (χ4v) is 4.27. The zero-order valence-electron chi connectivity index (χ0n) is 13.9. The van der Waals surface area contributed by atoms with Crippen LogP contribution in [0.3, 0.4) is 0 Å². The van der Waals surface area contributed by atoms with Gasteiger partial charge in [0, 0.05) is 42.4 Å². The second-order valence-corrected chi connectivity index (χ2v) is 7.16. The van der Waals surface area contributed by atoms with Crippen molar-refractivity contribution in [2.45, 2.75) is 37.8 Å². The van der Waals surface area contributed by atoms with E-state index in [9.17, 15) is 9.50 Å². The fourth-order valence-electron chi connectivity index (χ4n) is 4.27. The maximum Gasteiger partial charge on any atom is 0.149 e. The van der Waals surface area contributed by atoms with Gasteiger partial charge in [0.15, 0.2) is 0 Å². The summed E-state index contributed by atoms with van der Waals surface area (Å²) >= 11 is 0. The third-order valence-electron chi connectivity index (χ3n) is 5.62. The van der Waals surface area contributed by atoms with Crippen LogP contribution in [0.5, 0.6) is 0 Å². The van der Waals surface area contributed by atoms with Crippen molar-refractivity contribution in [3.8, 4) is 0 Å². The van der Waals surface area contributed by atoms with E-state index in [1.165, 1.54) is 6.07 Å². The minimum Gasteiger partial charge on any atom is -0.390 e. The van der Waals surface area contributed by atoms with Gasteiger partial charge in [-0.15, -0.1) is 0 Å². The van der Waals surface area contributed by atoms with Crippen LogP contribution < -0.4 is 4.90 Å². The highest BCUT2D eigenvalue weighted by Crippen LogP contribution is 2.40. The van der Waals surface area contributed by atoms with E-state index in [1.54, 1.807) is 12.3 Å². The van der Waals surface area contributed by atoms with Gasteiger partial charge >= 0.3 is 0 Å². The van der Waals surface area contributed by atoms with Gasteiger partial charge in [-0.05, 0) is 38.3 Å². The summed E-state index contributed by atoms with van der Waals surface area (Å²) in [6.07, 6.45) is 4.42. The number of hydrogen-bond donors (Lipinski definition) is 1. The first-order valence-corrected chi connectivity index (χ1v) is 8.68. The Bertz CT molecular complexity index is 749. The predicted molar refractivity (Wildman–Crippen MR) is 91.6 cm³/mol. The Morgan fingerprint density at radius 1 is 1.38 bits per heavy atom. The van der Waals surface area contributed by atoms with Gasteiger partial charge in [-0.25, -0.2) is 4.39 Å². The highest BCUT2D eigenvalue weighted by Gasteiger charge is 2.44. The summed E-state index contributed by atoms with van der Waals surface area (Å²) in [6.45, 7) is 4.01. The Hall–Kier alpha value is -1.72. The minimum atomic E-state index is -0.723. The average Bonchev–Trinajstić information content (AvgIpc) is 3.03. The SMILES string of the molecule is CC1(O)CCOCC1C1CCCN1c1ccnc2c(F)cccc12. The number of fused-ring (bicyclic) bond motifs is 1. The lowest BCUT2D eigenvalue weighted by Crippen LogP contribution is -2.52. The molecule has 2 fully saturated rings. The molecule has 1 aromatic carbocycles. The maximum absolute atomic E-state index is 14.1. The molecular weight excluding hydrogens is 307 g/mol. The molecule has 4 nitrogen and oxygen atoms in total. The minimum absolute atomic E-state index is 0.0607. The first-order chi connectivity index (χ1) is 11.6. The summed E-state index contributed by atoms with van der Waals surface area (Å²) in [5.74, 6) is -0.233. The summed E-state index contributed by atoms with van der Waals surface area (Å²) in [4.78, 5) is 6.52. The largest absolute Gasteiger partial charge is 0.390 e. The number of aliphatic hydroxyl groups is 1. The van der Waals surface area contributed by atoms with Crippen molar-refractivity contribution in [2.75, 3.05) is 24.7 Å². The van der Waals surface area contributed by atoms with Crippen molar-refractivity contribution >= 4 is 16.6 Å². The second-order valence-electron chi connectivity index (χ2n) is 7.16. The first kappa shape index (κ1) is 15.8. The molecule has 0 radical (unpaired) electrons. The molecule has 3 atom stereocenters. The number of nitrogens with zero attached hydrogens (tertiary/aromatic N) is 2. The van der Waals surface area contributed by atoms with Crippen molar-refractivity contribution in [1.82, 2.24) is 4.98 Å². The van der Waals surface area contributed by atoms with E-state index in [1.807, 2.05) is 19.1 Å². The Balaban J connectivity index is 1.75. The van der Waals surface area contributed by atoms with Crippen molar-refractivity contribution in [3.63, 3.8) is 0 Å². The molecule has 2 aliphatic rings. The van der Waals surface area contributed by atoms with E-state index >= 15 is 0 Å². The molecule has 0 saturated carbocycles. The van der Waals surface area contributed by atoms with E-state index in [0.29, 0.717) is 25.2 Å². The maximum atomic E-state index is 14.1. The quantitative estimate of drug-likeness (QED) is 0.919. The summed E-state index contributed by atoms with van der Waals surface area (Å²) in [5.41, 5.74) is 0.690. The molecule has 0 amide bonds. The third-order valence-corrected chi connectivity index (χ3v) is 5.62. The lowest BCUT2D eigenvalue weighted by atomic mass is 9.79. The van der Waals surface area contributed by atoms with Crippen LogP contribution in [0.4, 0.5) is 10.1 Å². The summed E-state index contributed by atoms with van der Waals surface area (Å²) < 4.78 is 19.7. The van der Waals surface area contributed by atoms with Crippen LogP contribution >= 0.6 is 0 Å². The Morgan fingerprint density at radius 3 is 3.08 bits per heavy atom. The van der Waals surface area contributed by atoms with E-state index in [-0.39, 0.29) is 17.8 Å². The molecule has 24 heavy (non-hydrogen) atoms. The van der Waals surface area contributed by atoms with Crippen LogP contribution in [-0.4, -0.2) is 41.5 Å². The molecule has 128 valence electrons. The number of hydrogen-bond acceptors (Lipinski definition) is 4. The summed E-state index contributed by atoms with van der Waals surface area (Å²) in [6, 6.07) is 7.26. The van der Waals surface area contributed by atoms with E-state index < -0.39 is 5.60 Å². The van der Waals surface area contributed by atoms with Gasteiger partial charge in [0.2, 0.25) is 0 Å². The fraction of sp³-hybridized carbons (Fsp3) is 0.526. The number of ether oxygens (including phenoxy) is 1. The summed E-state index contributed by atoms with van der Waals surface area (Å²) in [7, 11) is 0. The van der Waals surface area contributed by atoms with Gasteiger partial charge in [-0.2, -0.15) is 0 Å². The molecule has 3 heterocycles. The summed E-state index contributed by atoms with van der Waals surface area (Å²) in [5, 5.41) is 11.7. The molecule has 0 aliphatic carbocycles. The zero-order chi connectivity index (χ0) is 16.7. The Morgan fingerprint density at radius 2 is 2.25 bits per heavy atom. The number of pyridine rings is 1. The van der Waals surface area contributed by atoms with Crippen molar-refractivity contribution < 1.29 is 14.2 Å². The van der Waals surface area contributed by atoms with E-state index in [0.717, 1.165) is 30.5 Å². The number of rotatable bonds is 2. The standard InChI is InChI=1S/C19H23FN2O2/c1-19(23)8-11-24-12-14(19)17-6-3-10-22(17)16-7-9-21-18-13(16)4-2-5-15(18)20/h2,4-5,7,9,14,17,23H,3,6,8,10-12H2,1H3. The lowest BCUT2D eigenvalue weighted by molar-refractivity contribution is -0.108. The van der Waals surface area contributed by atoms with Crippen LogP contribution in [0.1, 0.15) is 26.2 Å². The van der Waals surface area contributed by atoms with Crippen molar-refractivity contribution in [2.24, 2.45) is 5.92 Å². The lowest BCUT2D eigenvalue weighted by Gasteiger charge is -2.44. The van der Waals surface area contributed by atoms with Crippen LogP contribution in [-0.2, 0) is 4.74 Å². The first-order valence-electron chi connectivity index (χ1n) is 8.68. The van der Waals surface area contributed by atoms with Gasteiger partial charge in [0.05, 0.1) is 12.2 Å². The molecule has 2 saturated heterocycles. The topological polar surface area (TPSA) is 45.6 Å². The molecule has 2 aromatic rings. The molecule has 2 aliphatic heterocycles. The molecule has 4 rings (SSSR count). The molecule has 5 heteroatoms. The molecule has 3 unspecified atom stereocenters. The number of aromatic nitrogens is 1. The molecule has 0 bridgehead atoms. The second kappa shape index (κ2) is 5.97. The van der Waals surface area contributed by atoms with Gasteiger partial charge in [-0.1, -0.05) is 12.1 Å². The number of para-hydroxylation sites is 1. The van der Waals surface area contributed by atoms with Gasteiger partial charge in [0.25, 0.3) is 0 Å².